The molecule has 23 heavy (non-hydrogen) atoms. The van der Waals surface area contributed by atoms with E-state index in [0.29, 0.717) is 20.9 Å². The summed E-state index contributed by atoms with van der Waals surface area (Å²) in [6.07, 6.45) is 1.91. The van der Waals surface area contributed by atoms with Crippen molar-refractivity contribution in [2.75, 3.05) is 18.8 Å². The first kappa shape index (κ1) is 16.2. The van der Waals surface area contributed by atoms with Crippen LogP contribution in [0, 0.1) is 0 Å². The fraction of sp³-hybridized carbons (Fsp3) is 0.312. The second-order valence-electron chi connectivity index (χ2n) is 6.40. The van der Waals surface area contributed by atoms with Gasteiger partial charge in [-0.3, -0.25) is 4.98 Å². The summed E-state index contributed by atoms with van der Waals surface area (Å²) in [6.45, 7) is 7.88. The Morgan fingerprint density at radius 3 is 2.04 bits per heavy atom. The predicted molar refractivity (Wildman–Crippen MR) is 103 cm³/mol. The Labute approximate surface area is 140 Å². The van der Waals surface area contributed by atoms with Gasteiger partial charge >= 0.3 is 14.0 Å². The van der Waals surface area contributed by atoms with Gasteiger partial charge in [0.1, 0.15) is 0 Å². The first-order valence-electron chi connectivity index (χ1n) is 8.24. The van der Waals surface area contributed by atoms with Gasteiger partial charge in [0.15, 0.2) is 0 Å². The quantitative estimate of drug-likeness (QED) is 0.796. The molecule has 3 rings (SSSR count). The van der Waals surface area contributed by atoms with Gasteiger partial charge in [0.25, 0.3) is 6.98 Å². The van der Waals surface area contributed by atoms with Crippen molar-refractivity contribution >= 4 is 26.6 Å². The molecule has 116 valence electrons. The van der Waals surface area contributed by atoms with Crippen LogP contribution in [0.2, 0.25) is 20.5 Å². The average Bonchev–Trinajstić information content (AvgIpc) is 2.59. The summed E-state index contributed by atoms with van der Waals surface area (Å²) in [5, 5.41) is 0. The van der Waals surface area contributed by atoms with Crippen molar-refractivity contribution in [2.24, 2.45) is 0 Å². The molecule has 0 bridgehead atoms. The Hall–Kier alpha value is -1.72. The maximum atomic E-state index is 4.55. The fourth-order valence-corrected chi connectivity index (χ4v) is 3.39. The van der Waals surface area contributed by atoms with Crippen molar-refractivity contribution in [1.82, 2.24) is 14.4 Å². The van der Waals surface area contributed by atoms with Crippen molar-refractivity contribution in [1.29, 1.82) is 0 Å². The highest BCUT2D eigenvalue weighted by Gasteiger charge is 2.43. The third-order valence-corrected chi connectivity index (χ3v) is 5.27. The summed E-state index contributed by atoms with van der Waals surface area (Å²) < 4.78 is 7.24. The molecule has 4 nitrogen and oxygen atoms in total. The summed E-state index contributed by atoms with van der Waals surface area (Å²) in [4.78, 5) is 4.55. The number of rotatable bonds is 2. The molecule has 0 amide bonds. The molecule has 1 aromatic heterocycles. The first-order chi connectivity index (χ1) is 11.0. The minimum atomic E-state index is 0.335. The monoisotopic (exact) mass is 304 g/mol. The van der Waals surface area contributed by atoms with Gasteiger partial charge in [0.2, 0.25) is 0 Å². The SMILES string of the molecule is CB1N(C)B(C)N(c2ccnc(-c3ccccc3)c2)B(C)N1C. The van der Waals surface area contributed by atoms with E-state index in [1.165, 1.54) is 5.69 Å². The third-order valence-electron chi connectivity index (χ3n) is 5.27. The molecule has 1 aliphatic rings. The summed E-state index contributed by atoms with van der Waals surface area (Å²) in [5.41, 5.74) is 3.39. The van der Waals surface area contributed by atoms with Gasteiger partial charge in [-0.05, 0) is 26.2 Å². The van der Waals surface area contributed by atoms with Crippen molar-refractivity contribution in [2.45, 2.75) is 20.5 Å². The Morgan fingerprint density at radius 2 is 1.43 bits per heavy atom. The number of anilines is 1. The molecule has 0 unspecified atom stereocenters. The number of hydrogen-bond donors (Lipinski definition) is 0. The number of pyridine rings is 1. The summed E-state index contributed by atoms with van der Waals surface area (Å²) >= 11 is 0. The zero-order chi connectivity index (χ0) is 16.6. The van der Waals surface area contributed by atoms with Crippen molar-refractivity contribution in [3.8, 4) is 11.3 Å². The van der Waals surface area contributed by atoms with E-state index in [2.05, 4.69) is 90.1 Å². The minimum Gasteiger partial charge on any atom is -0.435 e. The molecule has 1 aliphatic heterocycles. The van der Waals surface area contributed by atoms with Crippen LogP contribution < -0.4 is 4.72 Å². The lowest BCUT2D eigenvalue weighted by molar-refractivity contribution is 0.648. The summed E-state index contributed by atoms with van der Waals surface area (Å²) in [5.74, 6) is 0. The van der Waals surface area contributed by atoms with Gasteiger partial charge in [-0.1, -0.05) is 50.8 Å². The molecule has 0 spiro atoms. The zero-order valence-corrected chi connectivity index (χ0v) is 14.6. The predicted octanol–water partition coefficient (Wildman–Crippen LogP) is 2.79. The largest absolute Gasteiger partial charge is 0.435 e. The molecule has 1 aromatic carbocycles. The van der Waals surface area contributed by atoms with E-state index in [-0.39, 0.29) is 0 Å². The summed E-state index contributed by atoms with van der Waals surface area (Å²) in [6, 6.07) is 14.7. The normalized spacial score (nSPS) is 17.1. The second kappa shape index (κ2) is 6.42. The number of aromatic nitrogens is 1. The Morgan fingerprint density at radius 1 is 0.826 bits per heavy atom. The van der Waals surface area contributed by atoms with Crippen LogP contribution in [0.4, 0.5) is 5.69 Å². The lowest BCUT2D eigenvalue weighted by Gasteiger charge is -2.50. The highest BCUT2D eigenvalue weighted by molar-refractivity contribution is 6.92. The van der Waals surface area contributed by atoms with Crippen molar-refractivity contribution in [3.63, 3.8) is 0 Å². The molecule has 7 heteroatoms. The molecular formula is C16H23B3N4. The smallest absolute Gasteiger partial charge is 0.317 e. The minimum absolute atomic E-state index is 0.335. The Balaban J connectivity index is 1.98. The Bertz CT molecular complexity index is 653. The van der Waals surface area contributed by atoms with E-state index in [4.69, 9.17) is 0 Å². The zero-order valence-electron chi connectivity index (χ0n) is 14.6. The van der Waals surface area contributed by atoms with E-state index in [9.17, 15) is 0 Å². The standard InChI is InChI=1S/C16H23B3N4/c1-17-21(4)18(2)23(19(3)22(17)5)15-11-12-20-16(13-15)14-9-7-6-8-10-14/h6-13H,1-5H3. The molecule has 0 atom stereocenters. The number of nitrogens with zero attached hydrogens (tertiary/aromatic N) is 4. The van der Waals surface area contributed by atoms with Gasteiger partial charge in [0.05, 0.1) is 5.69 Å². The van der Waals surface area contributed by atoms with Crippen LogP contribution in [-0.4, -0.2) is 49.5 Å². The van der Waals surface area contributed by atoms with Crippen LogP contribution in [0.15, 0.2) is 48.7 Å². The third kappa shape index (κ3) is 2.91. The maximum Gasteiger partial charge on any atom is 0.317 e. The van der Waals surface area contributed by atoms with Crippen LogP contribution in [0.1, 0.15) is 0 Å². The molecule has 1 fully saturated rings. The second-order valence-corrected chi connectivity index (χ2v) is 6.40. The van der Waals surface area contributed by atoms with Gasteiger partial charge in [-0.2, -0.15) is 0 Å². The molecular weight excluding hydrogens is 281 g/mol. The molecule has 0 N–H and O–H groups in total. The molecule has 2 heterocycles. The van der Waals surface area contributed by atoms with Crippen LogP contribution >= 0.6 is 0 Å². The van der Waals surface area contributed by atoms with E-state index in [0.717, 1.165) is 11.3 Å². The van der Waals surface area contributed by atoms with Gasteiger partial charge in [-0.25, -0.2) is 0 Å². The Kier molecular flexibility index (Phi) is 4.51. The lowest BCUT2D eigenvalue weighted by atomic mass is 9.45. The first-order valence-corrected chi connectivity index (χ1v) is 8.24. The molecule has 1 saturated heterocycles. The van der Waals surface area contributed by atoms with E-state index >= 15 is 0 Å². The van der Waals surface area contributed by atoms with Crippen LogP contribution in [0.3, 0.4) is 0 Å². The van der Waals surface area contributed by atoms with E-state index in [1.54, 1.807) is 0 Å². The van der Waals surface area contributed by atoms with Crippen LogP contribution in [0.25, 0.3) is 11.3 Å². The van der Waals surface area contributed by atoms with Crippen molar-refractivity contribution in [3.05, 3.63) is 48.7 Å². The van der Waals surface area contributed by atoms with Gasteiger partial charge < -0.3 is 14.2 Å². The van der Waals surface area contributed by atoms with E-state index in [1.807, 2.05) is 12.3 Å². The maximum absolute atomic E-state index is 4.55. The lowest BCUT2D eigenvalue weighted by Crippen LogP contribution is -2.73. The molecule has 0 radical (unpaired) electrons. The molecule has 0 saturated carbocycles. The topological polar surface area (TPSA) is 22.6 Å². The fourth-order valence-electron chi connectivity index (χ4n) is 3.39. The van der Waals surface area contributed by atoms with E-state index < -0.39 is 0 Å². The van der Waals surface area contributed by atoms with Crippen LogP contribution in [0.5, 0.6) is 0 Å². The highest BCUT2D eigenvalue weighted by atomic mass is 15.3. The summed E-state index contributed by atoms with van der Waals surface area (Å²) in [7, 11) is 4.37. The average molecular weight is 304 g/mol. The van der Waals surface area contributed by atoms with Crippen LogP contribution in [-0.2, 0) is 0 Å². The van der Waals surface area contributed by atoms with Gasteiger partial charge in [-0.15, -0.1) is 0 Å². The van der Waals surface area contributed by atoms with Gasteiger partial charge in [0, 0.05) is 17.4 Å². The molecule has 2 aromatic rings. The number of benzene rings is 1. The highest BCUT2D eigenvalue weighted by Crippen LogP contribution is 2.27. The number of hydrogen-bond acceptors (Lipinski definition) is 4. The molecule has 0 aliphatic carbocycles. The van der Waals surface area contributed by atoms with Crippen molar-refractivity contribution < 1.29 is 0 Å².